The molecule has 6 heteroatoms. The molecular weight excluding hydrogens is 299 g/mol. The van der Waals surface area contributed by atoms with E-state index in [0.29, 0.717) is 17.9 Å². The number of rotatable bonds is 7. The number of aliphatic hydroxyl groups is 1. The van der Waals surface area contributed by atoms with Crippen molar-refractivity contribution in [2.75, 3.05) is 23.8 Å². The van der Waals surface area contributed by atoms with E-state index < -0.39 is 11.9 Å². The van der Waals surface area contributed by atoms with Crippen LogP contribution in [-0.4, -0.2) is 36.4 Å². The first-order chi connectivity index (χ1) is 11.0. The van der Waals surface area contributed by atoms with Crippen molar-refractivity contribution in [3.05, 3.63) is 24.0 Å². The third-order valence-corrected chi connectivity index (χ3v) is 3.96. The van der Waals surface area contributed by atoms with Crippen molar-refractivity contribution in [1.82, 2.24) is 0 Å². The first-order valence-electron chi connectivity index (χ1n) is 8.08. The molecule has 2 rings (SSSR count). The van der Waals surface area contributed by atoms with Crippen molar-refractivity contribution in [3.8, 4) is 0 Å². The lowest BCUT2D eigenvalue weighted by Gasteiger charge is -2.15. The Labute approximate surface area is 136 Å². The quantitative estimate of drug-likeness (QED) is 0.721. The van der Waals surface area contributed by atoms with Crippen LogP contribution in [0.25, 0.3) is 0 Å². The van der Waals surface area contributed by atoms with E-state index in [-0.39, 0.29) is 24.3 Å². The molecule has 128 valence electrons. The highest BCUT2D eigenvalue weighted by Gasteiger charge is 2.17. The average molecular weight is 324 g/mol. The van der Waals surface area contributed by atoms with Gasteiger partial charge in [-0.05, 0) is 37.0 Å². The fourth-order valence-corrected chi connectivity index (χ4v) is 2.40. The van der Waals surface area contributed by atoms with Gasteiger partial charge in [0, 0.05) is 18.8 Å². The smallest absolute Gasteiger partial charge is 0.226 e. The van der Waals surface area contributed by atoms with Gasteiger partial charge in [0.1, 0.15) is 5.82 Å². The molecule has 0 saturated carbocycles. The minimum atomic E-state index is -0.702. The van der Waals surface area contributed by atoms with Crippen molar-refractivity contribution in [3.63, 3.8) is 0 Å². The SMILES string of the molecule is CC(C)C(O)CC(=O)Nc1ccc(NCC2CCCO2)c(F)c1. The fraction of sp³-hybridized carbons (Fsp3) is 0.588. The lowest BCUT2D eigenvalue weighted by molar-refractivity contribution is -0.118. The molecule has 0 spiro atoms. The van der Waals surface area contributed by atoms with Crippen molar-refractivity contribution in [1.29, 1.82) is 0 Å². The Bertz CT molecular complexity index is 531. The average Bonchev–Trinajstić information content (AvgIpc) is 2.99. The zero-order valence-corrected chi connectivity index (χ0v) is 13.6. The van der Waals surface area contributed by atoms with Gasteiger partial charge in [0.05, 0.1) is 24.3 Å². The Hall–Kier alpha value is -1.66. The molecule has 1 aromatic carbocycles. The maximum Gasteiger partial charge on any atom is 0.226 e. The number of ether oxygens (including phenoxy) is 1. The largest absolute Gasteiger partial charge is 0.392 e. The second kappa shape index (κ2) is 8.26. The second-order valence-corrected chi connectivity index (χ2v) is 6.27. The van der Waals surface area contributed by atoms with Crippen molar-refractivity contribution in [2.45, 2.75) is 45.3 Å². The molecular formula is C17H25FN2O3. The number of hydrogen-bond acceptors (Lipinski definition) is 4. The van der Waals surface area contributed by atoms with Crippen LogP contribution in [0, 0.1) is 11.7 Å². The van der Waals surface area contributed by atoms with Crippen LogP contribution in [0.2, 0.25) is 0 Å². The normalized spacial score (nSPS) is 18.9. The number of carbonyl (C=O) groups is 1. The van der Waals surface area contributed by atoms with Crippen molar-refractivity contribution >= 4 is 17.3 Å². The summed E-state index contributed by atoms with van der Waals surface area (Å²) in [5.74, 6) is -0.752. The lowest BCUT2D eigenvalue weighted by atomic mass is 10.0. The van der Waals surface area contributed by atoms with E-state index in [1.807, 2.05) is 13.8 Å². The minimum absolute atomic E-state index is 0.00168. The molecule has 1 heterocycles. The Morgan fingerprint density at radius 2 is 2.26 bits per heavy atom. The summed E-state index contributed by atoms with van der Waals surface area (Å²) >= 11 is 0. The van der Waals surface area contributed by atoms with Gasteiger partial charge in [-0.2, -0.15) is 0 Å². The number of halogens is 1. The second-order valence-electron chi connectivity index (χ2n) is 6.27. The highest BCUT2D eigenvalue weighted by Crippen LogP contribution is 2.21. The van der Waals surface area contributed by atoms with E-state index in [0.717, 1.165) is 19.4 Å². The molecule has 23 heavy (non-hydrogen) atoms. The first kappa shape index (κ1) is 17.7. The highest BCUT2D eigenvalue weighted by molar-refractivity contribution is 5.91. The Balaban J connectivity index is 1.86. The van der Waals surface area contributed by atoms with Gasteiger partial charge in [0.25, 0.3) is 0 Å². The summed E-state index contributed by atoms with van der Waals surface area (Å²) < 4.78 is 19.5. The van der Waals surface area contributed by atoms with Crippen LogP contribution in [0.5, 0.6) is 0 Å². The summed E-state index contributed by atoms with van der Waals surface area (Å²) in [5.41, 5.74) is 0.770. The topological polar surface area (TPSA) is 70.6 Å². The van der Waals surface area contributed by atoms with E-state index in [1.54, 1.807) is 12.1 Å². The molecule has 1 aliphatic rings. The zero-order chi connectivity index (χ0) is 16.8. The van der Waals surface area contributed by atoms with E-state index in [1.165, 1.54) is 6.07 Å². The monoisotopic (exact) mass is 324 g/mol. The molecule has 0 bridgehead atoms. The van der Waals surface area contributed by atoms with Crippen LogP contribution in [0.15, 0.2) is 18.2 Å². The highest BCUT2D eigenvalue weighted by atomic mass is 19.1. The molecule has 1 fully saturated rings. The van der Waals surface area contributed by atoms with Gasteiger partial charge in [-0.3, -0.25) is 4.79 Å². The van der Waals surface area contributed by atoms with Gasteiger partial charge in [-0.1, -0.05) is 13.8 Å². The zero-order valence-electron chi connectivity index (χ0n) is 13.6. The number of benzene rings is 1. The molecule has 0 aliphatic carbocycles. The molecule has 0 aromatic heterocycles. The summed E-state index contributed by atoms with van der Waals surface area (Å²) in [5, 5.41) is 15.3. The van der Waals surface area contributed by atoms with E-state index in [4.69, 9.17) is 4.74 Å². The van der Waals surface area contributed by atoms with Crippen LogP contribution in [0.4, 0.5) is 15.8 Å². The maximum atomic E-state index is 14.1. The van der Waals surface area contributed by atoms with Crippen molar-refractivity contribution in [2.24, 2.45) is 5.92 Å². The van der Waals surface area contributed by atoms with Crippen molar-refractivity contribution < 1.29 is 19.0 Å². The predicted octanol–water partition coefficient (Wildman–Crippen LogP) is 2.76. The van der Waals surface area contributed by atoms with Crippen LogP contribution in [-0.2, 0) is 9.53 Å². The molecule has 1 aromatic rings. The third-order valence-electron chi connectivity index (χ3n) is 3.96. The first-order valence-corrected chi connectivity index (χ1v) is 8.08. The molecule has 1 aliphatic heterocycles. The van der Waals surface area contributed by atoms with E-state index in [9.17, 15) is 14.3 Å². The summed E-state index contributed by atoms with van der Waals surface area (Å²) in [6.07, 6.45) is 1.46. The molecule has 1 amide bonds. The molecule has 3 N–H and O–H groups in total. The summed E-state index contributed by atoms with van der Waals surface area (Å²) in [7, 11) is 0. The van der Waals surface area contributed by atoms with Crippen LogP contribution in [0.3, 0.4) is 0 Å². The van der Waals surface area contributed by atoms with Crippen LogP contribution < -0.4 is 10.6 Å². The predicted molar refractivity (Wildman–Crippen MR) is 88.0 cm³/mol. The summed E-state index contributed by atoms with van der Waals surface area (Å²) in [4.78, 5) is 11.8. The van der Waals surface area contributed by atoms with E-state index >= 15 is 0 Å². The fourth-order valence-electron chi connectivity index (χ4n) is 2.40. The number of hydrogen-bond donors (Lipinski definition) is 3. The molecule has 1 saturated heterocycles. The molecule has 2 atom stereocenters. The summed E-state index contributed by atoms with van der Waals surface area (Å²) in [6.45, 7) is 5.02. The van der Waals surface area contributed by atoms with E-state index in [2.05, 4.69) is 10.6 Å². The Morgan fingerprint density at radius 1 is 1.48 bits per heavy atom. The van der Waals surface area contributed by atoms with Gasteiger partial charge in [-0.25, -0.2) is 4.39 Å². The van der Waals surface area contributed by atoms with Gasteiger partial charge >= 0.3 is 0 Å². The van der Waals surface area contributed by atoms with Gasteiger partial charge < -0.3 is 20.5 Å². The molecule has 2 unspecified atom stereocenters. The van der Waals surface area contributed by atoms with Gasteiger partial charge in [0.15, 0.2) is 0 Å². The Kier molecular flexibility index (Phi) is 6.36. The van der Waals surface area contributed by atoms with Gasteiger partial charge in [0.2, 0.25) is 5.91 Å². The van der Waals surface area contributed by atoms with Gasteiger partial charge in [-0.15, -0.1) is 0 Å². The molecule has 0 radical (unpaired) electrons. The summed E-state index contributed by atoms with van der Waals surface area (Å²) in [6, 6.07) is 4.51. The lowest BCUT2D eigenvalue weighted by Crippen LogP contribution is -2.23. The third kappa shape index (κ3) is 5.48. The standard InChI is InChI=1S/C17H25FN2O3/c1-11(2)16(21)9-17(22)20-12-5-6-15(14(18)8-12)19-10-13-4-3-7-23-13/h5-6,8,11,13,16,19,21H,3-4,7,9-10H2,1-2H3,(H,20,22). The minimum Gasteiger partial charge on any atom is -0.392 e. The number of anilines is 2. The molecule has 5 nitrogen and oxygen atoms in total. The number of aliphatic hydroxyl groups excluding tert-OH is 1. The number of carbonyl (C=O) groups excluding carboxylic acids is 1. The van der Waals surface area contributed by atoms with Crippen LogP contribution in [0.1, 0.15) is 33.1 Å². The Morgan fingerprint density at radius 3 is 2.87 bits per heavy atom. The maximum absolute atomic E-state index is 14.1. The number of amides is 1. The van der Waals surface area contributed by atoms with Crippen LogP contribution >= 0.6 is 0 Å². The number of nitrogens with one attached hydrogen (secondary N) is 2.